The molecule has 3 rings (SSSR count). The molecule has 2 aromatic rings. The Hall–Kier alpha value is -2.50. The zero-order chi connectivity index (χ0) is 17.8. The monoisotopic (exact) mass is 342 g/mol. The first kappa shape index (κ1) is 17.3. The summed E-state index contributed by atoms with van der Waals surface area (Å²) in [6.07, 6.45) is 4.09. The van der Waals surface area contributed by atoms with Gasteiger partial charge in [-0.15, -0.1) is 0 Å². The van der Waals surface area contributed by atoms with Crippen LogP contribution >= 0.6 is 0 Å². The van der Waals surface area contributed by atoms with E-state index in [0.717, 1.165) is 55.6 Å². The fourth-order valence-electron chi connectivity index (χ4n) is 3.36. The fraction of sp³-hybridized carbons (Fsp3) is 0.474. The Bertz CT molecular complexity index is 758. The first-order valence-electron chi connectivity index (χ1n) is 9.05. The van der Waals surface area contributed by atoms with Crippen molar-refractivity contribution in [1.29, 1.82) is 0 Å². The highest BCUT2D eigenvalue weighted by molar-refractivity contribution is 5.93. The molecule has 0 radical (unpaired) electrons. The van der Waals surface area contributed by atoms with Gasteiger partial charge in [-0.1, -0.05) is 0 Å². The van der Waals surface area contributed by atoms with Crippen molar-refractivity contribution in [2.45, 2.75) is 33.2 Å². The van der Waals surface area contributed by atoms with E-state index < -0.39 is 0 Å². The van der Waals surface area contributed by atoms with E-state index in [1.807, 2.05) is 58.7 Å². The van der Waals surface area contributed by atoms with E-state index in [1.165, 1.54) is 0 Å². The molecule has 1 aromatic heterocycles. The van der Waals surface area contributed by atoms with Crippen molar-refractivity contribution in [2.24, 2.45) is 0 Å². The summed E-state index contributed by atoms with van der Waals surface area (Å²) < 4.78 is 1.96. The minimum Gasteiger partial charge on any atom is -0.342 e. The standard InChI is InChI=1S/C19H26N4O2/c1-3-21(4-2)18(24)14-23-12-9-15-13-16(7-8-17(15)23)20-19(25)22-10-5-6-11-22/h7-9,12-13H,3-6,10-11,14H2,1-2H3,(H,20,25). The number of hydrogen-bond acceptors (Lipinski definition) is 2. The van der Waals surface area contributed by atoms with Gasteiger partial charge in [-0.3, -0.25) is 4.79 Å². The van der Waals surface area contributed by atoms with Crippen LogP contribution in [0.1, 0.15) is 26.7 Å². The van der Waals surface area contributed by atoms with Crippen molar-refractivity contribution in [3.05, 3.63) is 30.5 Å². The number of carbonyl (C=O) groups excluding carboxylic acids is 2. The number of benzene rings is 1. The molecule has 2 heterocycles. The second-order valence-electron chi connectivity index (χ2n) is 6.41. The average molecular weight is 342 g/mol. The quantitative estimate of drug-likeness (QED) is 0.907. The highest BCUT2D eigenvalue weighted by Gasteiger charge is 2.18. The van der Waals surface area contributed by atoms with Crippen molar-refractivity contribution >= 4 is 28.5 Å². The van der Waals surface area contributed by atoms with Gasteiger partial charge in [0.2, 0.25) is 5.91 Å². The number of nitrogens with one attached hydrogen (secondary N) is 1. The number of likely N-dealkylation sites (N-methyl/N-ethyl adjacent to an activating group) is 1. The number of urea groups is 1. The highest BCUT2D eigenvalue weighted by Crippen LogP contribution is 2.21. The van der Waals surface area contributed by atoms with Crippen LogP contribution in [0.15, 0.2) is 30.5 Å². The number of carbonyl (C=O) groups is 2. The summed E-state index contributed by atoms with van der Waals surface area (Å²) in [5, 5.41) is 3.99. The summed E-state index contributed by atoms with van der Waals surface area (Å²) in [6, 6.07) is 7.77. The molecule has 0 saturated carbocycles. The topological polar surface area (TPSA) is 57.6 Å². The van der Waals surface area contributed by atoms with E-state index >= 15 is 0 Å². The number of amides is 3. The molecule has 25 heavy (non-hydrogen) atoms. The van der Waals surface area contributed by atoms with Gasteiger partial charge in [-0.2, -0.15) is 0 Å². The molecule has 3 amide bonds. The van der Waals surface area contributed by atoms with Gasteiger partial charge in [-0.05, 0) is 51.0 Å². The SMILES string of the molecule is CCN(CC)C(=O)Cn1ccc2cc(NC(=O)N3CCCC3)ccc21. The van der Waals surface area contributed by atoms with Gasteiger partial charge in [0.1, 0.15) is 6.54 Å². The van der Waals surface area contributed by atoms with Crippen molar-refractivity contribution < 1.29 is 9.59 Å². The number of hydrogen-bond donors (Lipinski definition) is 1. The molecule has 0 spiro atoms. The third-order valence-corrected chi connectivity index (χ3v) is 4.84. The van der Waals surface area contributed by atoms with Gasteiger partial charge in [-0.25, -0.2) is 4.79 Å². The Morgan fingerprint density at radius 1 is 1.12 bits per heavy atom. The first-order valence-corrected chi connectivity index (χ1v) is 9.05. The Labute approximate surface area is 148 Å². The molecular formula is C19H26N4O2. The number of likely N-dealkylation sites (tertiary alicyclic amines) is 1. The van der Waals surface area contributed by atoms with Crippen LogP contribution in [-0.4, -0.2) is 52.5 Å². The lowest BCUT2D eigenvalue weighted by atomic mass is 10.2. The summed E-state index contributed by atoms with van der Waals surface area (Å²) in [7, 11) is 0. The molecule has 1 saturated heterocycles. The summed E-state index contributed by atoms with van der Waals surface area (Å²) >= 11 is 0. The molecule has 6 nitrogen and oxygen atoms in total. The normalized spacial score (nSPS) is 14.1. The molecule has 1 fully saturated rings. The minimum absolute atomic E-state index is 0.0343. The van der Waals surface area contributed by atoms with Crippen molar-refractivity contribution in [2.75, 3.05) is 31.5 Å². The lowest BCUT2D eigenvalue weighted by molar-refractivity contribution is -0.131. The summed E-state index contributed by atoms with van der Waals surface area (Å²) in [4.78, 5) is 28.2. The third kappa shape index (κ3) is 3.78. The third-order valence-electron chi connectivity index (χ3n) is 4.84. The molecule has 6 heteroatoms. The zero-order valence-electron chi connectivity index (χ0n) is 15.0. The fourth-order valence-corrected chi connectivity index (χ4v) is 3.36. The van der Waals surface area contributed by atoms with E-state index in [-0.39, 0.29) is 11.9 Å². The molecule has 0 aliphatic carbocycles. The van der Waals surface area contributed by atoms with Crippen LogP contribution < -0.4 is 5.32 Å². The second kappa shape index (κ2) is 7.59. The van der Waals surface area contributed by atoms with E-state index in [2.05, 4.69) is 5.32 Å². The maximum atomic E-state index is 12.3. The Morgan fingerprint density at radius 2 is 1.84 bits per heavy atom. The molecule has 1 aliphatic heterocycles. The Kier molecular flexibility index (Phi) is 5.26. The van der Waals surface area contributed by atoms with Crippen molar-refractivity contribution in [3.8, 4) is 0 Å². The van der Waals surface area contributed by atoms with Gasteiger partial charge in [0.25, 0.3) is 0 Å². The number of rotatable bonds is 5. The lowest BCUT2D eigenvalue weighted by Gasteiger charge is -2.19. The van der Waals surface area contributed by atoms with Crippen LogP contribution in [0.25, 0.3) is 10.9 Å². The molecular weight excluding hydrogens is 316 g/mol. The number of fused-ring (bicyclic) bond motifs is 1. The smallest absolute Gasteiger partial charge is 0.321 e. The van der Waals surface area contributed by atoms with Gasteiger partial charge >= 0.3 is 6.03 Å². The van der Waals surface area contributed by atoms with Gasteiger partial charge in [0, 0.05) is 49.0 Å². The Balaban J connectivity index is 1.72. The maximum Gasteiger partial charge on any atom is 0.321 e. The second-order valence-corrected chi connectivity index (χ2v) is 6.41. The highest BCUT2D eigenvalue weighted by atomic mass is 16.2. The van der Waals surface area contributed by atoms with Crippen LogP contribution in [0.3, 0.4) is 0 Å². The van der Waals surface area contributed by atoms with Gasteiger partial charge < -0.3 is 19.7 Å². The summed E-state index contributed by atoms with van der Waals surface area (Å²) in [5.41, 5.74) is 1.79. The maximum absolute atomic E-state index is 12.3. The zero-order valence-corrected chi connectivity index (χ0v) is 15.0. The molecule has 0 bridgehead atoms. The van der Waals surface area contributed by atoms with Gasteiger partial charge in [0.05, 0.1) is 0 Å². The molecule has 1 aromatic carbocycles. The predicted molar refractivity (Wildman–Crippen MR) is 99.7 cm³/mol. The predicted octanol–water partition coefficient (Wildman–Crippen LogP) is 3.14. The molecule has 134 valence electrons. The van der Waals surface area contributed by atoms with Crippen LogP contribution in [0, 0.1) is 0 Å². The Morgan fingerprint density at radius 3 is 2.52 bits per heavy atom. The van der Waals surface area contributed by atoms with E-state index in [0.29, 0.717) is 6.54 Å². The summed E-state index contributed by atoms with van der Waals surface area (Å²) in [6.45, 7) is 7.43. The van der Waals surface area contributed by atoms with E-state index in [4.69, 9.17) is 0 Å². The molecule has 1 aliphatic rings. The number of anilines is 1. The lowest BCUT2D eigenvalue weighted by Crippen LogP contribution is -2.33. The largest absolute Gasteiger partial charge is 0.342 e. The van der Waals surface area contributed by atoms with Crippen LogP contribution in [0.2, 0.25) is 0 Å². The average Bonchev–Trinajstić information content (AvgIpc) is 3.26. The summed E-state index contributed by atoms with van der Waals surface area (Å²) in [5.74, 6) is 0.119. The van der Waals surface area contributed by atoms with Gasteiger partial charge in [0.15, 0.2) is 0 Å². The van der Waals surface area contributed by atoms with Crippen LogP contribution in [-0.2, 0) is 11.3 Å². The van der Waals surface area contributed by atoms with E-state index in [1.54, 1.807) is 0 Å². The van der Waals surface area contributed by atoms with Crippen molar-refractivity contribution in [1.82, 2.24) is 14.4 Å². The van der Waals surface area contributed by atoms with E-state index in [9.17, 15) is 9.59 Å². The number of aromatic nitrogens is 1. The molecule has 0 atom stereocenters. The van der Waals surface area contributed by atoms with Crippen LogP contribution in [0.5, 0.6) is 0 Å². The minimum atomic E-state index is -0.0343. The van der Waals surface area contributed by atoms with Crippen molar-refractivity contribution in [3.63, 3.8) is 0 Å². The molecule has 0 unspecified atom stereocenters. The molecule has 1 N–H and O–H groups in total. The number of nitrogens with zero attached hydrogens (tertiary/aromatic N) is 3. The first-order chi connectivity index (χ1) is 12.1. The van der Waals surface area contributed by atoms with Crippen LogP contribution in [0.4, 0.5) is 10.5 Å².